The maximum absolute atomic E-state index is 13.9. The third-order valence-electron chi connectivity index (χ3n) is 9.54. The Labute approximate surface area is 225 Å². The molecule has 1 aromatic rings. The number of nitrogens with zero attached hydrogens (tertiary/aromatic N) is 2. The van der Waals surface area contributed by atoms with Gasteiger partial charge in [-0.15, -0.1) is 23.2 Å². The Balaban J connectivity index is 1.49. The number of hydrogen-bond donors (Lipinski definition) is 1. The predicted molar refractivity (Wildman–Crippen MR) is 137 cm³/mol. The lowest BCUT2D eigenvalue weighted by molar-refractivity contribution is -0.144. The average molecular weight is 545 g/mol. The molecular formula is C28H30Cl2N2O5. The third kappa shape index (κ3) is 3.13. The quantitative estimate of drug-likeness (QED) is 0.344. The first-order valence-electron chi connectivity index (χ1n) is 13.1. The van der Waals surface area contributed by atoms with Crippen LogP contribution in [-0.2, 0) is 19.2 Å². The molecule has 4 fully saturated rings. The van der Waals surface area contributed by atoms with Crippen molar-refractivity contribution in [3.05, 3.63) is 41.0 Å². The van der Waals surface area contributed by atoms with E-state index in [1.807, 2.05) is 6.08 Å². The van der Waals surface area contributed by atoms with Crippen molar-refractivity contribution in [3.63, 3.8) is 0 Å². The first-order valence-corrected chi connectivity index (χ1v) is 13.8. The summed E-state index contributed by atoms with van der Waals surface area (Å²) < 4.78 is 0. The number of fused-ring (bicyclic) bond motifs is 4. The number of phenolic OH excluding ortho intramolecular Hbond substituents is 1. The number of hydrogen-bond acceptors (Lipinski definition) is 5. The molecule has 4 amide bonds. The summed E-state index contributed by atoms with van der Waals surface area (Å²) in [6.07, 6.45) is 7.06. The largest absolute Gasteiger partial charge is 0.508 e. The molecular weight excluding hydrogens is 515 g/mol. The summed E-state index contributed by atoms with van der Waals surface area (Å²) in [5.74, 6) is -3.83. The molecule has 0 spiro atoms. The number of aryl methyl sites for hydroxylation is 1. The zero-order valence-corrected chi connectivity index (χ0v) is 22.4. The van der Waals surface area contributed by atoms with Crippen molar-refractivity contribution in [1.29, 1.82) is 0 Å². The Bertz CT molecular complexity index is 1270. The number of carbonyl (C=O) groups is 4. The summed E-state index contributed by atoms with van der Waals surface area (Å²) in [5.41, 5.74) is 2.01. The number of allylic oxidation sites excluding steroid dienone is 2. The van der Waals surface area contributed by atoms with Crippen molar-refractivity contribution in [2.24, 2.45) is 17.8 Å². The molecule has 2 heterocycles. The minimum Gasteiger partial charge on any atom is -0.508 e. The van der Waals surface area contributed by atoms with E-state index in [0.717, 1.165) is 42.6 Å². The second-order valence-electron chi connectivity index (χ2n) is 11.4. The Kier molecular flexibility index (Phi) is 5.60. The van der Waals surface area contributed by atoms with Crippen LogP contribution in [-0.4, -0.2) is 61.4 Å². The number of carbonyl (C=O) groups excluding carboxylic acids is 4. The van der Waals surface area contributed by atoms with Gasteiger partial charge in [0.15, 0.2) is 9.75 Å². The van der Waals surface area contributed by atoms with Gasteiger partial charge in [-0.05, 0) is 55.7 Å². The normalized spacial score (nSPS) is 38.0. The number of imide groups is 2. The Hall–Kier alpha value is -2.38. The molecule has 9 heteroatoms. The topological polar surface area (TPSA) is 95.0 Å². The summed E-state index contributed by atoms with van der Waals surface area (Å²) >= 11 is 14.3. The highest BCUT2D eigenvalue weighted by atomic mass is 35.5. The molecule has 2 aliphatic heterocycles. The number of likely N-dealkylation sites (tertiary alicyclic amines) is 2. The van der Waals surface area contributed by atoms with E-state index in [0.29, 0.717) is 17.5 Å². The molecule has 37 heavy (non-hydrogen) atoms. The first-order chi connectivity index (χ1) is 17.5. The van der Waals surface area contributed by atoms with Crippen molar-refractivity contribution >= 4 is 46.8 Å². The molecule has 3 aliphatic carbocycles. The van der Waals surface area contributed by atoms with Crippen molar-refractivity contribution in [3.8, 4) is 5.75 Å². The lowest BCUT2D eigenvalue weighted by Gasteiger charge is -2.50. The number of phenols is 1. The highest BCUT2D eigenvalue weighted by Gasteiger charge is 2.75. The summed E-state index contributed by atoms with van der Waals surface area (Å²) in [6.45, 7) is 1.74. The lowest BCUT2D eigenvalue weighted by Crippen LogP contribution is -2.60. The molecule has 2 saturated heterocycles. The number of rotatable bonds is 2. The number of halogens is 2. The van der Waals surface area contributed by atoms with E-state index >= 15 is 0 Å². The Morgan fingerprint density at radius 1 is 0.973 bits per heavy atom. The Morgan fingerprint density at radius 3 is 2.35 bits per heavy atom. The van der Waals surface area contributed by atoms with E-state index in [9.17, 15) is 24.3 Å². The average Bonchev–Trinajstić information content (AvgIpc) is 3.21. The van der Waals surface area contributed by atoms with Crippen molar-refractivity contribution in [2.75, 3.05) is 7.05 Å². The van der Waals surface area contributed by atoms with E-state index in [4.69, 9.17) is 23.2 Å². The van der Waals surface area contributed by atoms with E-state index in [1.165, 1.54) is 18.0 Å². The zero-order valence-electron chi connectivity index (χ0n) is 20.9. The van der Waals surface area contributed by atoms with Gasteiger partial charge in [-0.3, -0.25) is 29.0 Å². The molecule has 6 atom stereocenters. The van der Waals surface area contributed by atoms with Gasteiger partial charge in [-0.1, -0.05) is 43.0 Å². The van der Waals surface area contributed by atoms with Crippen molar-refractivity contribution < 1.29 is 24.3 Å². The van der Waals surface area contributed by atoms with E-state index in [2.05, 4.69) is 0 Å². The maximum Gasteiger partial charge on any atom is 0.253 e. The van der Waals surface area contributed by atoms with Crippen LogP contribution in [0.4, 0.5) is 0 Å². The monoisotopic (exact) mass is 544 g/mol. The number of alkyl halides is 2. The summed E-state index contributed by atoms with van der Waals surface area (Å²) in [5, 5.41) is 10.2. The molecule has 1 aromatic carbocycles. The smallest absolute Gasteiger partial charge is 0.253 e. The van der Waals surface area contributed by atoms with Crippen LogP contribution in [0.3, 0.4) is 0 Å². The van der Waals surface area contributed by atoms with Gasteiger partial charge >= 0.3 is 0 Å². The van der Waals surface area contributed by atoms with Crippen LogP contribution in [0.15, 0.2) is 29.8 Å². The number of benzene rings is 1. The molecule has 0 radical (unpaired) electrons. The first kappa shape index (κ1) is 24.9. The molecule has 2 saturated carbocycles. The zero-order chi connectivity index (χ0) is 26.4. The number of amides is 4. The lowest BCUT2D eigenvalue weighted by atomic mass is 9.56. The summed E-state index contributed by atoms with van der Waals surface area (Å²) in [4.78, 5) is 53.5. The van der Waals surface area contributed by atoms with Gasteiger partial charge in [0.2, 0.25) is 11.8 Å². The highest BCUT2D eigenvalue weighted by Crippen LogP contribution is 2.65. The molecule has 5 aliphatic rings. The standard InChI is InChI=1S/C28H30Cl2N2O5/c1-14-12-15(8-11-20(14)33)22-17-9-10-18-21(24(35)32(23(18)34)16-6-4-3-5-7-16)19(17)13-27(29)25(36)31(2)26(37)28(22,27)30/h8-9,11-12,16,18-19,21-22,33H,3-7,10,13H2,1-2H3/t18-,19+,21-,22-,27+,28-/m0/s1. The van der Waals surface area contributed by atoms with Gasteiger partial charge in [-0.2, -0.15) is 0 Å². The van der Waals surface area contributed by atoms with Crippen LogP contribution in [0.2, 0.25) is 0 Å². The van der Waals surface area contributed by atoms with Gasteiger partial charge in [0.1, 0.15) is 5.75 Å². The molecule has 1 N–H and O–H groups in total. The molecule has 7 nitrogen and oxygen atoms in total. The SMILES string of the molecule is Cc1cc([C@H]2C3=CC[C@@H]4C(=O)N(C5CCCCC5)C(=O)[C@@H]4[C@@H]3C[C@@]3(Cl)C(=O)N(C)C(=O)[C@@]23Cl)ccc1O. The van der Waals surface area contributed by atoms with Crippen LogP contribution in [0.5, 0.6) is 5.75 Å². The second kappa shape index (κ2) is 8.31. The summed E-state index contributed by atoms with van der Waals surface area (Å²) in [6, 6.07) is 4.90. The number of aromatic hydroxyl groups is 1. The maximum atomic E-state index is 13.9. The van der Waals surface area contributed by atoms with Crippen LogP contribution in [0, 0.1) is 24.7 Å². The molecule has 0 bridgehead atoms. The summed E-state index contributed by atoms with van der Waals surface area (Å²) in [7, 11) is 1.38. The van der Waals surface area contributed by atoms with Crippen LogP contribution in [0.25, 0.3) is 0 Å². The van der Waals surface area contributed by atoms with Crippen LogP contribution in [0.1, 0.15) is 62.0 Å². The minimum atomic E-state index is -1.80. The fourth-order valence-electron chi connectivity index (χ4n) is 7.70. The molecule has 196 valence electrons. The second-order valence-corrected chi connectivity index (χ2v) is 12.6. The van der Waals surface area contributed by atoms with E-state index < -0.39 is 45.2 Å². The van der Waals surface area contributed by atoms with Crippen molar-refractivity contribution in [2.45, 2.75) is 73.6 Å². The van der Waals surface area contributed by atoms with E-state index in [-0.39, 0.29) is 30.0 Å². The van der Waals surface area contributed by atoms with Crippen LogP contribution >= 0.6 is 23.2 Å². The van der Waals surface area contributed by atoms with Crippen LogP contribution < -0.4 is 0 Å². The molecule has 6 rings (SSSR count). The third-order valence-corrected chi connectivity index (χ3v) is 11.0. The fourth-order valence-corrected chi connectivity index (χ4v) is 8.72. The molecule has 0 unspecified atom stereocenters. The highest BCUT2D eigenvalue weighted by molar-refractivity contribution is 6.53. The molecule has 0 aromatic heterocycles. The van der Waals surface area contributed by atoms with Gasteiger partial charge in [0.05, 0.1) is 11.8 Å². The predicted octanol–water partition coefficient (Wildman–Crippen LogP) is 4.02. The van der Waals surface area contributed by atoms with Gasteiger partial charge in [0, 0.05) is 19.0 Å². The fraction of sp³-hybridized carbons (Fsp3) is 0.571. The van der Waals surface area contributed by atoms with Crippen molar-refractivity contribution in [1.82, 2.24) is 9.80 Å². The van der Waals surface area contributed by atoms with Gasteiger partial charge in [0.25, 0.3) is 11.8 Å². The minimum absolute atomic E-state index is 0.00502. The van der Waals surface area contributed by atoms with Gasteiger partial charge < -0.3 is 5.11 Å². The van der Waals surface area contributed by atoms with Gasteiger partial charge in [-0.25, -0.2) is 0 Å². The van der Waals surface area contributed by atoms with E-state index in [1.54, 1.807) is 19.1 Å². The Morgan fingerprint density at radius 2 is 1.68 bits per heavy atom.